The standard InChI is InChI=1S/C11H13N5O2/c1-18-4-2-3-14-11(17)7-16-8-15-9(5-12)10(16)6-13/h8H,2-4,7H2,1H3,(H,14,17). The number of rotatable bonds is 6. The van der Waals surface area contributed by atoms with E-state index in [1.807, 2.05) is 6.07 Å². The quantitative estimate of drug-likeness (QED) is 0.700. The molecule has 7 heteroatoms. The molecule has 0 atom stereocenters. The summed E-state index contributed by atoms with van der Waals surface area (Å²) in [6.07, 6.45) is 2.03. The number of ether oxygens (including phenoxy) is 1. The Morgan fingerprint density at radius 2 is 2.33 bits per heavy atom. The number of imidazole rings is 1. The number of nitrogens with zero attached hydrogens (tertiary/aromatic N) is 4. The maximum absolute atomic E-state index is 11.5. The van der Waals surface area contributed by atoms with Gasteiger partial charge in [-0.25, -0.2) is 4.98 Å². The van der Waals surface area contributed by atoms with E-state index in [1.54, 1.807) is 13.2 Å². The maximum atomic E-state index is 11.5. The van der Waals surface area contributed by atoms with Crippen LogP contribution in [0.2, 0.25) is 0 Å². The van der Waals surface area contributed by atoms with Gasteiger partial charge in [0.2, 0.25) is 5.91 Å². The van der Waals surface area contributed by atoms with Crippen molar-refractivity contribution in [2.24, 2.45) is 0 Å². The van der Waals surface area contributed by atoms with Gasteiger partial charge in [-0.05, 0) is 6.42 Å². The molecule has 0 saturated carbocycles. The molecule has 94 valence electrons. The molecule has 0 saturated heterocycles. The van der Waals surface area contributed by atoms with E-state index in [1.165, 1.54) is 10.9 Å². The molecule has 0 spiro atoms. The molecule has 0 fully saturated rings. The van der Waals surface area contributed by atoms with Gasteiger partial charge in [0.15, 0.2) is 11.4 Å². The Morgan fingerprint density at radius 3 is 2.94 bits per heavy atom. The maximum Gasteiger partial charge on any atom is 0.240 e. The van der Waals surface area contributed by atoms with Crippen molar-refractivity contribution in [3.8, 4) is 12.1 Å². The third-order valence-corrected chi connectivity index (χ3v) is 2.21. The zero-order chi connectivity index (χ0) is 13.4. The molecule has 1 amide bonds. The van der Waals surface area contributed by atoms with Gasteiger partial charge in [-0.1, -0.05) is 0 Å². The van der Waals surface area contributed by atoms with Crippen LogP contribution >= 0.6 is 0 Å². The molecule has 7 nitrogen and oxygen atoms in total. The molecule has 18 heavy (non-hydrogen) atoms. The van der Waals surface area contributed by atoms with Crippen LogP contribution < -0.4 is 5.32 Å². The molecule has 0 bridgehead atoms. The van der Waals surface area contributed by atoms with Gasteiger partial charge >= 0.3 is 0 Å². The fraction of sp³-hybridized carbons (Fsp3) is 0.455. The second-order valence-electron chi connectivity index (χ2n) is 3.49. The fourth-order valence-electron chi connectivity index (χ4n) is 1.36. The molecule has 1 heterocycles. The van der Waals surface area contributed by atoms with Crippen LogP contribution in [0.5, 0.6) is 0 Å². The van der Waals surface area contributed by atoms with E-state index in [0.717, 1.165) is 6.42 Å². The van der Waals surface area contributed by atoms with Gasteiger partial charge in [0, 0.05) is 20.3 Å². The summed E-state index contributed by atoms with van der Waals surface area (Å²) in [6, 6.07) is 3.65. The zero-order valence-electron chi connectivity index (χ0n) is 10.0. The summed E-state index contributed by atoms with van der Waals surface area (Å²) in [5.74, 6) is -0.232. The first kappa shape index (κ1) is 13.7. The van der Waals surface area contributed by atoms with E-state index in [-0.39, 0.29) is 23.8 Å². The van der Waals surface area contributed by atoms with Crippen LogP contribution in [-0.4, -0.2) is 35.7 Å². The lowest BCUT2D eigenvalue weighted by molar-refractivity contribution is -0.121. The summed E-state index contributed by atoms with van der Waals surface area (Å²) >= 11 is 0. The van der Waals surface area contributed by atoms with Crippen LogP contribution in [0.25, 0.3) is 0 Å². The summed E-state index contributed by atoms with van der Waals surface area (Å²) < 4.78 is 6.20. The first-order valence-corrected chi connectivity index (χ1v) is 5.34. The fourth-order valence-corrected chi connectivity index (χ4v) is 1.36. The third-order valence-electron chi connectivity index (χ3n) is 2.21. The topological polar surface area (TPSA) is 104 Å². The number of nitrogens with one attached hydrogen (secondary N) is 1. The minimum Gasteiger partial charge on any atom is -0.385 e. The Balaban J connectivity index is 2.53. The van der Waals surface area contributed by atoms with Crippen LogP contribution in [-0.2, 0) is 16.1 Å². The smallest absolute Gasteiger partial charge is 0.240 e. The van der Waals surface area contributed by atoms with Crippen LogP contribution in [0, 0.1) is 22.7 Å². The number of amides is 1. The van der Waals surface area contributed by atoms with E-state index in [2.05, 4.69) is 10.3 Å². The van der Waals surface area contributed by atoms with E-state index >= 15 is 0 Å². The van der Waals surface area contributed by atoms with E-state index in [0.29, 0.717) is 13.2 Å². The van der Waals surface area contributed by atoms with Crippen LogP contribution in [0.4, 0.5) is 0 Å². The van der Waals surface area contributed by atoms with E-state index < -0.39 is 0 Å². The lowest BCUT2D eigenvalue weighted by Gasteiger charge is -2.05. The molecule has 0 aromatic carbocycles. The molecule has 0 radical (unpaired) electrons. The highest BCUT2D eigenvalue weighted by atomic mass is 16.5. The average molecular weight is 247 g/mol. The van der Waals surface area contributed by atoms with E-state index in [4.69, 9.17) is 15.3 Å². The van der Waals surface area contributed by atoms with Crippen molar-refractivity contribution in [2.45, 2.75) is 13.0 Å². The van der Waals surface area contributed by atoms with Gasteiger partial charge in [-0.2, -0.15) is 10.5 Å². The molecule has 0 aliphatic rings. The summed E-state index contributed by atoms with van der Waals surface area (Å²) in [4.78, 5) is 15.3. The minimum absolute atomic E-state index is 0.0233. The molecule has 1 aromatic heterocycles. The Bertz CT molecular complexity index is 495. The predicted octanol–water partition coefficient (Wildman–Crippen LogP) is -0.221. The molecule has 0 unspecified atom stereocenters. The van der Waals surface area contributed by atoms with Gasteiger partial charge in [0.1, 0.15) is 18.7 Å². The lowest BCUT2D eigenvalue weighted by atomic mass is 10.3. The number of aromatic nitrogens is 2. The van der Waals surface area contributed by atoms with Gasteiger partial charge in [-0.3, -0.25) is 4.79 Å². The highest BCUT2D eigenvalue weighted by molar-refractivity contribution is 5.75. The van der Waals surface area contributed by atoms with Crippen molar-refractivity contribution in [1.82, 2.24) is 14.9 Å². The van der Waals surface area contributed by atoms with Crippen molar-refractivity contribution in [3.63, 3.8) is 0 Å². The third kappa shape index (κ3) is 3.58. The van der Waals surface area contributed by atoms with Crippen LogP contribution in [0.3, 0.4) is 0 Å². The first-order chi connectivity index (χ1) is 8.72. The Labute approximate surface area is 105 Å². The number of methoxy groups -OCH3 is 1. The highest BCUT2D eigenvalue weighted by Crippen LogP contribution is 2.04. The van der Waals surface area contributed by atoms with Crippen molar-refractivity contribution in [2.75, 3.05) is 20.3 Å². The Kier molecular flexibility index (Phi) is 5.36. The Morgan fingerprint density at radius 1 is 1.56 bits per heavy atom. The van der Waals surface area contributed by atoms with Crippen LogP contribution in [0.15, 0.2) is 6.33 Å². The van der Waals surface area contributed by atoms with Gasteiger partial charge in [0.05, 0.1) is 6.33 Å². The van der Waals surface area contributed by atoms with Gasteiger partial charge in [-0.15, -0.1) is 0 Å². The van der Waals surface area contributed by atoms with Crippen molar-refractivity contribution in [3.05, 3.63) is 17.7 Å². The predicted molar refractivity (Wildman–Crippen MR) is 61.2 cm³/mol. The normalized spacial score (nSPS) is 9.50. The SMILES string of the molecule is COCCCNC(=O)Cn1cnc(C#N)c1C#N. The number of carbonyl (C=O) groups is 1. The second-order valence-corrected chi connectivity index (χ2v) is 3.49. The highest BCUT2D eigenvalue weighted by Gasteiger charge is 2.12. The van der Waals surface area contributed by atoms with Crippen molar-refractivity contribution in [1.29, 1.82) is 10.5 Å². The minimum atomic E-state index is -0.232. The summed E-state index contributed by atoms with van der Waals surface area (Å²) in [6.45, 7) is 1.06. The number of nitriles is 2. The number of carbonyl (C=O) groups excluding carboxylic acids is 1. The second kappa shape index (κ2) is 7.05. The van der Waals surface area contributed by atoms with E-state index in [9.17, 15) is 4.79 Å². The summed E-state index contributed by atoms with van der Waals surface area (Å²) in [7, 11) is 1.59. The summed E-state index contributed by atoms with van der Waals surface area (Å²) in [5, 5.41) is 20.3. The zero-order valence-corrected chi connectivity index (χ0v) is 10.0. The van der Waals surface area contributed by atoms with Crippen molar-refractivity contribution < 1.29 is 9.53 Å². The monoisotopic (exact) mass is 247 g/mol. The van der Waals surface area contributed by atoms with Gasteiger partial charge in [0.25, 0.3) is 0 Å². The lowest BCUT2D eigenvalue weighted by Crippen LogP contribution is -2.29. The largest absolute Gasteiger partial charge is 0.385 e. The van der Waals surface area contributed by atoms with Crippen LogP contribution in [0.1, 0.15) is 17.8 Å². The molecule has 0 aliphatic carbocycles. The average Bonchev–Trinajstić information content (AvgIpc) is 2.76. The summed E-state index contributed by atoms with van der Waals surface area (Å²) in [5.41, 5.74) is 0.134. The molecule has 0 aliphatic heterocycles. The molecular weight excluding hydrogens is 234 g/mol. The first-order valence-electron chi connectivity index (χ1n) is 5.34. The molecular formula is C11H13N5O2. The molecule has 1 N–H and O–H groups in total. The Hall–Kier alpha value is -2.38. The van der Waals surface area contributed by atoms with Gasteiger partial charge < -0.3 is 14.6 Å². The molecule has 1 rings (SSSR count). The molecule has 1 aromatic rings. The number of hydrogen-bond donors (Lipinski definition) is 1. The number of hydrogen-bond acceptors (Lipinski definition) is 5. The van der Waals surface area contributed by atoms with Crippen molar-refractivity contribution >= 4 is 5.91 Å².